The minimum atomic E-state index is -0.0610. The molecule has 2 aliphatic rings. The molecular weight excluding hydrogens is 348 g/mol. The van der Waals surface area contributed by atoms with E-state index in [1.54, 1.807) is 0 Å². The van der Waals surface area contributed by atoms with Crippen LogP contribution < -0.4 is 10.2 Å². The van der Waals surface area contributed by atoms with Gasteiger partial charge in [-0.25, -0.2) is 4.79 Å². The third-order valence-corrected chi connectivity index (χ3v) is 5.40. The van der Waals surface area contributed by atoms with Gasteiger partial charge in [0.05, 0.1) is 11.4 Å². The van der Waals surface area contributed by atoms with Crippen molar-refractivity contribution in [1.82, 2.24) is 9.80 Å². The summed E-state index contributed by atoms with van der Waals surface area (Å²) in [6, 6.07) is 14.1. The smallest absolute Gasteiger partial charge is 0.321 e. The summed E-state index contributed by atoms with van der Waals surface area (Å²) in [6.45, 7) is 4.18. The highest BCUT2D eigenvalue weighted by atomic mass is 35.5. The molecule has 5 nitrogen and oxygen atoms in total. The van der Waals surface area contributed by atoms with Crippen LogP contribution in [0.5, 0.6) is 0 Å². The molecule has 1 N–H and O–H groups in total. The van der Waals surface area contributed by atoms with Gasteiger partial charge in [-0.2, -0.15) is 0 Å². The number of amides is 2. The molecule has 2 heterocycles. The molecule has 1 saturated heterocycles. The largest absolute Gasteiger partial charge is 0.339 e. The first-order valence-electron chi connectivity index (χ1n) is 9.01. The van der Waals surface area contributed by atoms with Gasteiger partial charge < -0.3 is 20.0 Å². The number of nitrogens with one attached hydrogen (secondary N) is 1. The number of hydrogen-bond donors (Lipinski definition) is 1. The van der Waals surface area contributed by atoms with Crippen LogP contribution >= 0.6 is 11.6 Å². The van der Waals surface area contributed by atoms with Crippen LogP contribution in [0.15, 0.2) is 42.5 Å². The van der Waals surface area contributed by atoms with E-state index in [2.05, 4.69) is 46.4 Å². The van der Waals surface area contributed by atoms with Crippen LogP contribution in [-0.4, -0.2) is 55.6 Å². The van der Waals surface area contributed by atoms with Gasteiger partial charge in [-0.3, -0.25) is 0 Å². The highest BCUT2D eigenvalue weighted by Crippen LogP contribution is 2.39. The van der Waals surface area contributed by atoms with E-state index in [0.717, 1.165) is 50.5 Å². The summed E-state index contributed by atoms with van der Waals surface area (Å²) < 4.78 is 0. The molecule has 0 atom stereocenters. The topological polar surface area (TPSA) is 38.8 Å². The number of likely N-dealkylation sites (N-methyl/N-ethyl adjacent to an activating group) is 1. The molecule has 0 unspecified atom stereocenters. The number of fused-ring (bicyclic) bond motifs is 1. The molecule has 26 heavy (non-hydrogen) atoms. The standard InChI is InChI=1S/C20H23ClN4O/c1-23-10-12-24(13-11-23)20(26)22-17-14-16(21)6-7-19(17)25-9-8-15-4-2-3-5-18(15)25/h2-7,14H,8-13H2,1H3,(H,22,26). The predicted octanol–water partition coefficient (Wildman–Crippen LogP) is 3.81. The minimum absolute atomic E-state index is 0.0610. The Balaban J connectivity index is 1.59. The Bertz CT molecular complexity index is 817. The van der Waals surface area contributed by atoms with Gasteiger partial charge in [0.2, 0.25) is 0 Å². The number of para-hydroxylation sites is 1. The average molecular weight is 371 g/mol. The Morgan fingerprint density at radius 3 is 2.58 bits per heavy atom. The lowest BCUT2D eigenvalue weighted by Gasteiger charge is -2.33. The van der Waals surface area contributed by atoms with Crippen LogP contribution in [0.2, 0.25) is 5.02 Å². The van der Waals surface area contributed by atoms with E-state index in [9.17, 15) is 4.79 Å². The lowest BCUT2D eigenvalue weighted by atomic mass is 10.2. The second kappa shape index (κ2) is 7.17. The van der Waals surface area contributed by atoms with E-state index in [1.807, 2.05) is 23.1 Å². The highest BCUT2D eigenvalue weighted by Gasteiger charge is 2.24. The summed E-state index contributed by atoms with van der Waals surface area (Å²) in [5.41, 5.74) is 4.28. The molecule has 0 spiro atoms. The molecule has 1 fully saturated rings. The summed E-state index contributed by atoms with van der Waals surface area (Å²) >= 11 is 6.22. The van der Waals surface area contributed by atoms with Crippen molar-refractivity contribution < 1.29 is 4.79 Å². The fourth-order valence-electron chi connectivity index (χ4n) is 3.64. The monoisotopic (exact) mass is 370 g/mol. The molecule has 6 heteroatoms. The van der Waals surface area contributed by atoms with Gasteiger partial charge in [-0.05, 0) is 43.3 Å². The molecule has 0 bridgehead atoms. The Morgan fingerprint density at radius 1 is 1.00 bits per heavy atom. The summed E-state index contributed by atoms with van der Waals surface area (Å²) in [5, 5.41) is 3.71. The van der Waals surface area contributed by atoms with Gasteiger partial charge in [0.15, 0.2) is 0 Å². The van der Waals surface area contributed by atoms with Gasteiger partial charge in [0.1, 0.15) is 0 Å². The van der Waals surface area contributed by atoms with Gasteiger partial charge in [-0.1, -0.05) is 29.8 Å². The Hall–Kier alpha value is -2.24. The second-order valence-electron chi connectivity index (χ2n) is 6.91. The Morgan fingerprint density at radius 2 is 1.77 bits per heavy atom. The normalized spacial score (nSPS) is 17.3. The quantitative estimate of drug-likeness (QED) is 0.873. The van der Waals surface area contributed by atoms with Crippen molar-refractivity contribution in [2.45, 2.75) is 6.42 Å². The van der Waals surface area contributed by atoms with E-state index >= 15 is 0 Å². The van der Waals surface area contributed by atoms with Crippen LogP contribution in [0.4, 0.5) is 21.9 Å². The van der Waals surface area contributed by atoms with Crippen LogP contribution in [0, 0.1) is 0 Å². The van der Waals surface area contributed by atoms with Gasteiger partial charge in [0.25, 0.3) is 0 Å². The number of anilines is 3. The van der Waals surface area contributed by atoms with E-state index in [0.29, 0.717) is 5.02 Å². The number of benzene rings is 2. The SMILES string of the molecule is CN1CCN(C(=O)Nc2cc(Cl)ccc2N2CCc3ccccc32)CC1. The molecule has 4 rings (SSSR count). The van der Waals surface area contributed by atoms with Gasteiger partial charge in [-0.15, -0.1) is 0 Å². The lowest BCUT2D eigenvalue weighted by Crippen LogP contribution is -2.48. The molecule has 0 aliphatic carbocycles. The van der Waals surface area contributed by atoms with Crippen molar-refractivity contribution >= 4 is 34.7 Å². The average Bonchev–Trinajstić information content (AvgIpc) is 3.06. The summed E-state index contributed by atoms with van der Waals surface area (Å²) in [4.78, 5) is 19.1. The lowest BCUT2D eigenvalue weighted by molar-refractivity contribution is 0.164. The maximum Gasteiger partial charge on any atom is 0.321 e. The first-order chi connectivity index (χ1) is 12.6. The molecule has 136 valence electrons. The first kappa shape index (κ1) is 17.2. The van der Waals surface area contributed by atoms with E-state index in [-0.39, 0.29) is 6.03 Å². The number of hydrogen-bond acceptors (Lipinski definition) is 3. The van der Waals surface area contributed by atoms with E-state index < -0.39 is 0 Å². The molecule has 2 amide bonds. The maximum absolute atomic E-state index is 12.7. The zero-order valence-electron chi connectivity index (χ0n) is 14.9. The van der Waals surface area contributed by atoms with Crippen molar-refractivity contribution in [2.75, 3.05) is 50.0 Å². The van der Waals surface area contributed by atoms with Crippen molar-refractivity contribution in [3.63, 3.8) is 0 Å². The fraction of sp³-hybridized carbons (Fsp3) is 0.350. The fourth-order valence-corrected chi connectivity index (χ4v) is 3.81. The third-order valence-electron chi connectivity index (χ3n) is 5.17. The summed E-state index contributed by atoms with van der Waals surface area (Å²) in [7, 11) is 2.08. The van der Waals surface area contributed by atoms with E-state index in [1.165, 1.54) is 11.3 Å². The first-order valence-corrected chi connectivity index (χ1v) is 9.39. The zero-order chi connectivity index (χ0) is 18.1. The molecule has 0 radical (unpaired) electrons. The number of carbonyl (C=O) groups is 1. The minimum Gasteiger partial charge on any atom is -0.339 e. The van der Waals surface area contributed by atoms with Crippen LogP contribution in [0.25, 0.3) is 0 Å². The molecule has 2 aliphatic heterocycles. The molecule has 2 aromatic rings. The predicted molar refractivity (Wildman–Crippen MR) is 107 cm³/mol. The van der Waals surface area contributed by atoms with Crippen molar-refractivity contribution in [2.24, 2.45) is 0 Å². The Labute approximate surface area is 159 Å². The van der Waals surface area contributed by atoms with E-state index in [4.69, 9.17) is 11.6 Å². The maximum atomic E-state index is 12.7. The number of nitrogens with zero attached hydrogens (tertiary/aromatic N) is 3. The van der Waals surface area contributed by atoms with Gasteiger partial charge >= 0.3 is 6.03 Å². The van der Waals surface area contributed by atoms with Gasteiger partial charge in [0, 0.05) is 43.4 Å². The number of rotatable bonds is 2. The Kier molecular flexibility index (Phi) is 4.74. The number of urea groups is 1. The van der Waals surface area contributed by atoms with Crippen LogP contribution in [0.1, 0.15) is 5.56 Å². The molecular formula is C20H23ClN4O. The zero-order valence-corrected chi connectivity index (χ0v) is 15.7. The second-order valence-corrected chi connectivity index (χ2v) is 7.35. The molecule has 0 aromatic heterocycles. The third kappa shape index (κ3) is 3.37. The molecule has 2 aromatic carbocycles. The van der Waals surface area contributed by atoms with Crippen molar-refractivity contribution in [3.05, 3.63) is 53.1 Å². The van der Waals surface area contributed by atoms with Crippen LogP contribution in [-0.2, 0) is 6.42 Å². The highest BCUT2D eigenvalue weighted by molar-refractivity contribution is 6.31. The summed E-state index contributed by atoms with van der Waals surface area (Å²) in [5.74, 6) is 0. The summed E-state index contributed by atoms with van der Waals surface area (Å²) in [6.07, 6.45) is 1.00. The number of piperazine rings is 1. The van der Waals surface area contributed by atoms with Crippen LogP contribution in [0.3, 0.4) is 0 Å². The van der Waals surface area contributed by atoms with Crippen molar-refractivity contribution in [3.8, 4) is 0 Å². The molecule has 0 saturated carbocycles. The number of carbonyl (C=O) groups excluding carboxylic acids is 1. The number of halogens is 1. The van der Waals surface area contributed by atoms with Crippen molar-refractivity contribution in [1.29, 1.82) is 0 Å².